The van der Waals surface area contributed by atoms with Crippen LogP contribution in [0.4, 0.5) is 0 Å². The summed E-state index contributed by atoms with van der Waals surface area (Å²) in [5.41, 5.74) is 5.24. The molecule has 2 heterocycles. The molecule has 0 unspecified atom stereocenters. The summed E-state index contributed by atoms with van der Waals surface area (Å²) >= 11 is 0. The predicted molar refractivity (Wildman–Crippen MR) is 123 cm³/mol. The van der Waals surface area contributed by atoms with E-state index in [0.717, 1.165) is 36.2 Å². The number of nitrogens with one attached hydrogen (secondary N) is 1. The van der Waals surface area contributed by atoms with Gasteiger partial charge in [0.2, 0.25) is 0 Å². The molecule has 0 saturated heterocycles. The molecule has 0 atom stereocenters. The summed E-state index contributed by atoms with van der Waals surface area (Å²) in [7, 11) is 0. The van der Waals surface area contributed by atoms with Crippen LogP contribution in [0.2, 0.25) is 0 Å². The van der Waals surface area contributed by atoms with Crippen LogP contribution in [0.25, 0.3) is 16.6 Å². The lowest BCUT2D eigenvalue weighted by Crippen LogP contribution is -2.32. The van der Waals surface area contributed by atoms with E-state index in [0.29, 0.717) is 29.0 Å². The molecule has 0 bridgehead atoms. The van der Waals surface area contributed by atoms with E-state index in [1.54, 1.807) is 11.0 Å². The number of carbonyl (C=O) groups is 1. The third kappa shape index (κ3) is 3.49. The Morgan fingerprint density at radius 1 is 1.12 bits per heavy atom. The van der Waals surface area contributed by atoms with E-state index in [1.807, 2.05) is 41.9 Å². The maximum Gasteiger partial charge on any atom is 0.275 e. The molecule has 32 heavy (non-hydrogen) atoms. The van der Waals surface area contributed by atoms with Crippen molar-refractivity contribution in [3.63, 3.8) is 0 Å². The van der Waals surface area contributed by atoms with Gasteiger partial charge in [0, 0.05) is 17.8 Å². The largest absolute Gasteiger partial charge is 0.330 e. The zero-order chi connectivity index (χ0) is 22.2. The average Bonchev–Trinajstić information content (AvgIpc) is 3.41. The van der Waals surface area contributed by atoms with Crippen molar-refractivity contribution in [2.45, 2.75) is 39.7 Å². The summed E-state index contributed by atoms with van der Waals surface area (Å²) in [6, 6.07) is 15.4. The van der Waals surface area contributed by atoms with Crippen LogP contribution in [0.3, 0.4) is 0 Å². The van der Waals surface area contributed by atoms with Gasteiger partial charge >= 0.3 is 0 Å². The molecule has 7 heteroatoms. The highest BCUT2D eigenvalue weighted by atomic mass is 16.2. The number of hydrogen-bond acceptors (Lipinski definition) is 4. The highest BCUT2D eigenvalue weighted by molar-refractivity contribution is 5.94. The van der Waals surface area contributed by atoms with Gasteiger partial charge in [0.15, 0.2) is 5.69 Å². The number of amides is 1. The molecule has 2 aromatic heterocycles. The quantitative estimate of drug-likeness (QED) is 0.528. The van der Waals surface area contributed by atoms with E-state index in [4.69, 9.17) is 5.10 Å². The zero-order valence-corrected chi connectivity index (χ0v) is 18.3. The molecule has 2 aromatic carbocycles. The highest BCUT2D eigenvalue weighted by Gasteiger charge is 2.29. The molecular formula is C25H25N5O2. The molecule has 1 N–H and O–H groups in total. The van der Waals surface area contributed by atoms with Gasteiger partial charge in [-0.3, -0.25) is 9.59 Å². The number of rotatable bonds is 5. The normalized spacial score (nSPS) is 12.8. The van der Waals surface area contributed by atoms with Crippen molar-refractivity contribution >= 4 is 16.8 Å². The van der Waals surface area contributed by atoms with Gasteiger partial charge in [0.05, 0.1) is 23.1 Å². The summed E-state index contributed by atoms with van der Waals surface area (Å²) in [6.45, 7) is 4.69. The van der Waals surface area contributed by atoms with Crippen LogP contribution >= 0.6 is 0 Å². The number of fused-ring (bicyclic) bond motifs is 2. The summed E-state index contributed by atoms with van der Waals surface area (Å²) < 4.78 is 1.92. The third-order valence-electron chi connectivity index (χ3n) is 6.08. The second kappa shape index (κ2) is 8.07. The van der Waals surface area contributed by atoms with Gasteiger partial charge in [-0.15, -0.1) is 0 Å². The molecule has 0 radical (unpaired) electrons. The monoisotopic (exact) mass is 427 g/mol. The molecule has 7 nitrogen and oxygen atoms in total. The van der Waals surface area contributed by atoms with Crippen molar-refractivity contribution in [3.05, 3.63) is 87.2 Å². The van der Waals surface area contributed by atoms with E-state index in [-0.39, 0.29) is 18.0 Å². The Balaban J connectivity index is 1.48. The SMILES string of the molecule is CCN(Cc1nc2ccccc2c(=O)[nH]1)C(=O)c1nn(-c2ccc(C)cc2)c2c1CCC2. The van der Waals surface area contributed by atoms with E-state index in [9.17, 15) is 9.59 Å². The molecular weight excluding hydrogens is 402 g/mol. The first-order chi connectivity index (χ1) is 15.5. The maximum atomic E-state index is 13.5. The van der Waals surface area contributed by atoms with Gasteiger partial charge in [-0.05, 0) is 57.4 Å². The summed E-state index contributed by atoms with van der Waals surface area (Å²) in [6.07, 6.45) is 2.78. The Bertz CT molecular complexity index is 1370. The summed E-state index contributed by atoms with van der Waals surface area (Å²) in [5.74, 6) is 0.339. The molecule has 4 aromatic rings. The average molecular weight is 428 g/mol. The number of aryl methyl sites for hydroxylation is 1. The smallest absolute Gasteiger partial charge is 0.275 e. The molecule has 0 fully saturated rings. The first-order valence-corrected chi connectivity index (χ1v) is 11.0. The fourth-order valence-electron chi connectivity index (χ4n) is 4.38. The summed E-state index contributed by atoms with van der Waals surface area (Å²) in [5, 5.41) is 5.28. The van der Waals surface area contributed by atoms with Gasteiger partial charge < -0.3 is 9.88 Å². The summed E-state index contributed by atoms with van der Waals surface area (Å²) in [4.78, 5) is 35.0. The molecule has 0 aliphatic heterocycles. The van der Waals surface area contributed by atoms with Crippen molar-refractivity contribution in [1.82, 2.24) is 24.6 Å². The number of carbonyl (C=O) groups excluding carboxylic acids is 1. The van der Waals surface area contributed by atoms with Crippen molar-refractivity contribution in [3.8, 4) is 5.69 Å². The van der Waals surface area contributed by atoms with Gasteiger partial charge in [0.25, 0.3) is 11.5 Å². The third-order valence-corrected chi connectivity index (χ3v) is 6.08. The zero-order valence-electron chi connectivity index (χ0n) is 18.3. The molecule has 1 aliphatic rings. The number of para-hydroxylation sites is 1. The topological polar surface area (TPSA) is 83.9 Å². The van der Waals surface area contributed by atoms with Crippen LogP contribution in [0.1, 0.15) is 46.5 Å². The first-order valence-electron chi connectivity index (χ1n) is 11.0. The number of hydrogen-bond donors (Lipinski definition) is 1. The lowest BCUT2D eigenvalue weighted by atomic mass is 10.1. The number of H-pyrrole nitrogens is 1. The predicted octanol–water partition coefficient (Wildman–Crippen LogP) is 3.57. The molecule has 1 amide bonds. The van der Waals surface area contributed by atoms with Crippen molar-refractivity contribution in [1.29, 1.82) is 0 Å². The minimum atomic E-state index is -0.196. The second-order valence-corrected chi connectivity index (χ2v) is 8.22. The van der Waals surface area contributed by atoms with Crippen LogP contribution < -0.4 is 5.56 Å². The van der Waals surface area contributed by atoms with Crippen molar-refractivity contribution < 1.29 is 4.79 Å². The minimum absolute atomic E-state index is 0.132. The van der Waals surface area contributed by atoms with Gasteiger partial charge in [0.1, 0.15) is 5.82 Å². The Kier molecular flexibility index (Phi) is 5.09. The van der Waals surface area contributed by atoms with Crippen LogP contribution in [0, 0.1) is 6.92 Å². The van der Waals surface area contributed by atoms with Crippen molar-refractivity contribution in [2.75, 3.05) is 6.54 Å². The Labute approximate surface area is 185 Å². The fourth-order valence-corrected chi connectivity index (χ4v) is 4.38. The number of aromatic amines is 1. The van der Waals surface area contributed by atoms with E-state index in [2.05, 4.69) is 29.0 Å². The van der Waals surface area contributed by atoms with Crippen LogP contribution in [0.15, 0.2) is 53.3 Å². The van der Waals surface area contributed by atoms with Gasteiger partial charge in [-0.1, -0.05) is 29.8 Å². The molecule has 162 valence electrons. The molecule has 1 aliphatic carbocycles. The van der Waals surface area contributed by atoms with Crippen LogP contribution in [0.5, 0.6) is 0 Å². The first kappa shape index (κ1) is 20.2. The standard InChI is InChI=1S/C25H25N5O2/c1-3-29(15-22-26-20-9-5-4-7-18(20)24(31)27-22)25(32)23-19-8-6-10-21(19)30(28-23)17-13-11-16(2)12-14-17/h4-5,7,9,11-14H,3,6,8,10,15H2,1-2H3,(H,26,27,31). The van der Waals surface area contributed by atoms with E-state index < -0.39 is 0 Å². The Morgan fingerprint density at radius 3 is 2.69 bits per heavy atom. The van der Waals surface area contributed by atoms with Crippen LogP contribution in [-0.2, 0) is 19.4 Å². The van der Waals surface area contributed by atoms with Gasteiger partial charge in [-0.2, -0.15) is 5.10 Å². The van der Waals surface area contributed by atoms with E-state index >= 15 is 0 Å². The number of benzene rings is 2. The Hall–Kier alpha value is -3.74. The Morgan fingerprint density at radius 2 is 1.91 bits per heavy atom. The molecule has 0 spiro atoms. The van der Waals surface area contributed by atoms with Gasteiger partial charge in [-0.25, -0.2) is 9.67 Å². The number of nitrogens with zero attached hydrogens (tertiary/aromatic N) is 4. The maximum absolute atomic E-state index is 13.5. The molecule has 0 saturated carbocycles. The van der Waals surface area contributed by atoms with E-state index in [1.165, 1.54) is 5.56 Å². The lowest BCUT2D eigenvalue weighted by molar-refractivity contribution is 0.0741. The minimum Gasteiger partial charge on any atom is -0.330 e. The highest BCUT2D eigenvalue weighted by Crippen LogP contribution is 2.29. The lowest BCUT2D eigenvalue weighted by Gasteiger charge is -2.20. The van der Waals surface area contributed by atoms with Crippen molar-refractivity contribution in [2.24, 2.45) is 0 Å². The number of aromatic nitrogens is 4. The molecule has 5 rings (SSSR count). The van der Waals surface area contributed by atoms with Crippen LogP contribution in [-0.4, -0.2) is 37.1 Å². The fraction of sp³-hybridized carbons (Fsp3) is 0.280. The second-order valence-electron chi connectivity index (χ2n) is 8.22.